The van der Waals surface area contributed by atoms with E-state index in [0.29, 0.717) is 15.2 Å². The molecule has 0 unspecified atom stereocenters. The molecule has 0 fully saturated rings. The van der Waals surface area contributed by atoms with Gasteiger partial charge >= 0.3 is 6.18 Å². The molecule has 0 aliphatic carbocycles. The lowest BCUT2D eigenvalue weighted by molar-refractivity contribution is -0.172. The van der Waals surface area contributed by atoms with Crippen LogP contribution < -0.4 is 5.32 Å². The number of aromatic nitrogens is 2. The first-order chi connectivity index (χ1) is 9.96. The summed E-state index contributed by atoms with van der Waals surface area (Å²) in [6, 6.07) is 7.21. The Kier molecular flexibility index (Phi) is 5.38. The summed E-state index contributed by atoms with van der Waals surface area (Å²) in [5.41, 5.74) is 0.762. The van der Waals surface area contributed by atoms with E-state index in [2.05, 4.69) is 20.3 Å². The minimum Gasteiger partial charge on any atom is -0.370 e. The van der Waals surface area contributed by atoms with Crippen LogP contribution in [0.2, 0.25) is 5.02 Å². The predicted molar refractivity (Wildman–Crippen MR) is 75.7 cm³/mol. The Bertz CT molecular complexity index is 591. The van der Waals surface area contributed by atoms with Gasteiger partial charge in [-0.2, -0.15) is 13.2 Å². The molecule has 1 heterocycles. The fourth-order valence-electron chi connectivity index (χ4n) is 1.46. The first kappa shape index (κ1) is 16.0. The highest BCUT2D eigenvalue weighted by Crippen LogP contribution is 2.31. The lowest BCUT2D eigenvalue weighted by atomic mass is 10.2. The summed E-state index contributed by atoms with van der Waals surface area (Å²) in [5, 5.41) is 12.4. The van der Waals surface area contributed by atoms with Crippen molar-refractivity contribution in [1.29, 1.82) is 0 Å². The molecule has 4 nitrogen and oxygen atoms in total. The van der Waals surface area contributed by atoms with E-state index >= 15 is 0 Å². The fraction of sp³-hybridized carbons (Fsp3) is 0.333. The zero-order valence-corrected chi connectivity index (χ0v) is 12.2. The van der Waals surface area contributed by atoms with E-state index in [1.165, 1.54) is 11.3 Å². The summed E-state index contributed by atoms with van der Waals surface area (Å²) < 4.78 is 40.0. The van der Waals surface area contributed by atoms with Crippen LogP contribution in [0.4, 0.5) is 18.3 Å². The fourth-order valence-corrected chi connectivity index (χ4v) is 2.55. The third-order valence-corrected chi connectivity index (χ3v) is 3.56. The molecule has 0 aliphatic heterocycles. The van der Waals surface area contributed by atoms with Crippen molar-refractivity contribution < 1.29 is 17.9 Å². The van der Waals surface area contributed by atoms with Gasteiger partial charge in [0.05, 0.1) is 11.6 Å². The molecule has 2 rings (SSSR count). The number of hydrogen-bond acceptors (Lipinski definition) is 5. The van der Waals surface area contributed by atoms with Gasteiger partial charge in [0, 0.05) is 12.1 Å². The molecule has 0 radical (unpaired) electrons. The minimum absolute atomic E-state index is 0.0689. The Morgan fingerprint density at radius 2 is 2.00 bits per heavy atom. The number of ether oxygens (including phenoxy) is 1. The Labute approximate surface area is 127 Å². The second-order valence-electron chi connectivity index (χ2n) is 3.99. The van der Waals surface area contributed by atoms with Gasteiger partial charge in [0.15, 0.2) is 5.01 Å². The number of rotatable bonds is 6. The number of hydrogen-bond donors (Lipinski definition) is 1. The number of halogens is 4. The highest BCUT2D eigenvalue weighted by atomic mass is 35.5. The quantitative estimate of drug-likeness (QED) is 0.813. The summed E-state index contributed by atoms with van der Waals surface area (Å²) in [5.74, 6) is 0. The van der Waals surface area contributed by atoms with Crippen molar-refractivity contribution in [2.24, 2.45) is 0 Å². The number of benzene rings is 1. The molecule has 0 aliphatic rings. The van der Waals surface area contributed by atoms with Gasteiger partial charge in [-0.1, -0.05) is 41.1 Å². The summed E-state index contributed by atoms with van der Waals surface area (Å²) in [7, 11) is 0. The van der Waals surface area contributed by atoms with Crippen molar-refractivity contribution in [2.75, 3.05) is 25.1 Å². The van der Waals surface area contributed by atoms with Gasteiger partial charge in [0.1, 0.15) is 6.61 Å². The zero-order valence-electron chi connectivity index (χ0n) is 10.7. The van der Waals surface area contributed by atoms with Gasteiger partial charge in [0.2, 0.25) is 5.13 Å². The smallest absolute Gasteiger partial charge is 0.370 e. The number of nitrogens with zero attached hydrogens (tertiary/aromatic N) is 2. The maximum absolute atomic E-state index is 11.9. The Morgan fingerprint density at radius 3 is 2.71 bits per heavy atom. The van der Waals surface area contributed by atoms with Crippen LogP contribution in [0.1, 0.15) is 0 Å². The van der Waals surface area contributed by atoms with Gasteiger partial charge in [-0.3, -0.25) is 0 Å². The second-order valence-corrected chi connectivity index (χ2v) is 5.37. The van der Waals surface area contributed by atoms with Crippen molar-refractivity contribution in [3.63, 3.8) is 0 Å². The van der Waals surface area contributed by atoms with Gasteiger partial charge in [-0.05, 0) is 6.07 Å². The van der Waals surface area contributed by atoms with Crippen LogP contribution in [-0.4, -0.2) is 36.1 Å². The molecule has 114 valence electrons. The number of alkyl halides is 3. The second kappa shape index (κ2) is 7.06. The molecule has 1 N–H and O–H groups in total. The molecule has 0 bridgehead atoms. The van der Waals surface area contributed by atoms with Crippen molar-refractivity contribution in [1.82, 2.24) is 10.2 Å². The predicted octanol–water partition coefficient (Wildman–Crippen LogP) is 3.85. The zero-order chi connectivity index (χ0) is 15.3. The Morgan fingerprint density at radius 1 is 1.24 bits per heavy atom. The topological polar surface area (TPSA) is 47.0 Å². The molecule has 0 spiro atoms. The van der Waals surface area contributed by atoms with E-state index in [1.54, 1.807) is 6.07 Å². The van der Waals surface area contributed by atoms with Gasteiger partial charge in [-0.25, -0.2) is 0 Å². The van der Waals surface area contributed by atoms with Crippen LogP contribution in [0.25, 0.3) is 10.6 Å². The summed E-state index contributed by atoms with van der Waals surface area (Å²) in [6.45, 7) is -1.11. The maximum Gasteiger partial charge on any atom is 0.411 e. The van der Waals surface area contributed by atoms with E-state index in [4.69, 9.17) is 11.6 Å². The summed E-state index contributed by atoms with van der Waals surface area (Å²) in [4.78, 5) is 0. The first-order valence-electron chi connectivity index (χ1n) is 5.92. The van der Waals surface area contributed by atoms with Crippen LogP contribution in [0.3, 0.4) is 0 Å². The standard InChI is InChI=1S/C12H11ClF3N3OS/c13-9-4-2-1-3-8(9)10-18-19-11(21-10)17-5-6-20-7-12(14,15)16/h1-4H,5-7H2,(H,17,19). The maximum atomic E-state index is 11.9. The molecular formula is C12H11ClF3N3OS. The molecular weight excluding hydrogens is 327 g/mol. The van der Waals surface area contributed by atoms with Crippen LogP contribution in [0, 0.1) is 0 Å². The monoisotopic (exact) mass is 337 g/mol. The molecule has 1 aromatic heterocycles. The number of nitrogens with one attached hydrogen (secondary N) is 1. The molecule has 9 heteroatoms. The molecule has 0 saturated heterocycles. The Balaban J connectivity index is 1.83. The lowest BCUT2D eigenvalue weighted by Gasteiger charge is -2.07. The first-order valence-corrected chi connectivity index (χ1v) is 7.12. The molecule has 21 heavy (non-hydrogen) atoms. The SMILES string of the molecule is FC(F)(F)COCCNc1nnc(-c2ccccc2Cl)s1. The Hall–Kier alpha value is -1.38. The highest BCUT2D eigenvalue weighted by Gasteiger charge is 2.27. The average Bonchev–Trinajstić information content (AvgIpc) is 2.86. The molecule has 0 amide bonds. The van der Waals surface area contributed by atoms with E-state index in [9.17, 15) is 13.2 Å². The van der Waals surface area contributed by atoms with E-state index in [-0.39, 0.29) is 13.2 Å². The minimum atomic E-state index is -4.31. The molecule has 2 aromatic rings. The molecule has 0 saturated carbocycles. The van der Waals surface area contributed by atoms with E-state index in [0.717, 1.165) is 5.56 Å². The van der Waals surface area contributed by atoms with Gasteiger partial charge in [-0.15, -0.1) is 10.2 Å². The van der Waals surface area contributed by atoms with Crippen LogP contribution in [0.5, 0.6) is 0 Å². The van der Waals surface area contributed by atoms with Crippen LogP contribution in [-0.2, 0) is 4.74 Å². The third kappa shape index (κ3) is 5.14. The number of anilines is 1. The molecule has 1 aromatic carbocycles. The normalized spacial score (nSPS) is 11.6. The van der Waals surface area contributed by atoms with Crippen molar-refractivity contribution >= 4 is 28.1 Å². The van der Waals surface area contributed by atoms with Crippen molar-refractivity contribution in [3.05, 3.63) is 29.3 Å². The summed E-state index contributed by atoms with van der Waals surface area (Å²) in [6.07, 6.45) is -4.31. The van der Waals surface area contributed by atoms with E-state index in [1.807, 2.05) is 18.2 Å². The third-order valence-electron chi connectivity index (χ3n) is 2.32. The van der Waals surface area contributed by atoms with Crippen LogP contribution in [0.15, 0.2) is 24.3 Å². The highest BCUT2D eigenvalue weighted by molar-refractivity contribution is 7.18. The lowest BCUT2D eigenvalue weighted by Crippen LogP contribution is -2.20. The average molecular weight is 338 g/mol. The summed E-state index contributed by atoms with van der Waals surface area (Å²) >= 11 is 7.32. The van der Waals surface area contributed by atoms with Crippen LogP contribution >= 0.6 is 22.9 Å². The van der Waals surface area contributed by atoms with E-state index < -0.39 is 12.8 Å². The van der Waals surface area contributed by atoms with Gasteiger partial charge < -0.3 is 10.1 Å². The molecule has 0 atom stereocenters. The van der Waals surface area contributed by atoms with Crippen molar-refractivity contribution in [3.8, 4) is 10.6 Å². The van der Waals surface area contributed by atoms with Crippen molar-refractivity contribution in [2.45, 2.75) is 6.18 Å². The largest absolute Gasteiger partial charge is 0.411 e. The van der Waals surface area contributed by atoms with Gasteiger partial charge in [0.25, 0.3) is 0 Å².